The van der Waals surface area contributed by atoms with Gasteiger partial charge in [0.1, 0.15) is 0 Å². The van der Waals surface area contributed by atoms with Crippen LogP contribution in [0.4, 0.5) is 0 Å². The van der Waals surface area contributed by atoms with Crippen molar-refractivity contribution in [1.82, 2.24) is 9.80 Å². The molecule has 1 saturated heterocycles. The van der Waals surface area contributed by atoms with Crippen LogP contribution in [0.1, 0.15) is 33.2 Å². The van der Waals surface area contributed by atoms with Crippen molar-refractivity contribution in [1.29, 1.82) is 0 Å². The fourth-order valence-corrected chi connectivity index (χ4v) is 3.77. The average molecular weight is 436 g/mol. The SMILES string of the molecule is CCc1ccc(C(=O)N2CCN(C(=O)c3ccc(Br)cc3Cl)CC2)cc1. The number of halogens is 2. The Kier molecular flexibility index (Phi) is 5.99. The molecule has 4 nitrogen and oxygen atoms in total. The van der Waals surface area contributed by atoms with Gasteiger partial charge in [0.15, 0.2) is 0 Å². The lowest BCUT2D eigenvalue weighted by molar-refractivity contribution is 0.0535. The normalized spacial score (nSPS) is 14.4. The van der Waals surface area contributed by atoms with Crippen molar-refractivity contribution in [2.24, 2.45) is 0 Å². The summed E-state index contributed by atoms with van der Waals surface area (Å²) in [6.45, 7) is 4.14. The zero-order valence-corrected chi connectivity index (χ0v) is 16.9. The number of carbonyl (C=O) groups is 2. The number of amides is 2. The molecule has 2 amide bonds. The van der Waals surface area contributed by atoms with E-state index in [1.165, 1.54) is 5.56 Å². The molecule has 0 bridgehead atoms. The molecule has 2 aromatic rings. The highest BCUT2D eigenvalue weighted by Crippen LogP contribution is 2.23. The van der Waals surface area contributed by atoms with E-state index in [0.717, 1.165) is 10.9 Å². The molecule has 6 heteroatoms. The van der Waals surface area contributed by atoms with Gasteiger partial charge < -0.3 is 9.80 Å². The highest BCUT2D eigenvalue weighted by Gasteiger charge is 2.26. The summed E-state index contributed by atoms with van der Waals surface area (Å²) in [4.78, 5) is 28.9. The predicted molar refractivity (Wildman–Crippen MR) is 107 cm³/mol. The standard InChI is InChI=1S/C20H20BrClN2O2/c1-2-14-3-5-15(6-4-14)19(25)23-9-11-24(12-10-23)20(26)17-8-7-16(21)13-18(17)22/h3-8,13H,2,9-12H2,1H3. The molecule has 136 valence electrons. The van der Waals surface area contributed by atoms with E-state index in [0.29, 0.717) is 42.3 Å². The van der Waals surface area contributed by atoms with E-state index < -0.39 is 0 Å². The van der Waals surface area contributed by atoms with Gasteiger partial charge in [-0.2, -0.15) is 0 Å². The number of hydrogen-bond acceptors (Lipinski definition) is 2. The Bertz CT molecular complexity index is 815. The number of rotatable bonds is 3. The van der Waals surface area contributed by atoms with E-state index in [9.17, 15) is 9.59 Å². The number of hydrogen-bond donors (Lipinski definition) is 0. The van der Waals surface area contributed by atoms with Gasteiger partial charge in [0.25, 0.3) is 11.8 Å². The number of nitrogens with zero attached hydrogens (tertiary/aromatic N) is 2. The number of aryl methyl sites for hydroxylation is 1. The highest BCUT2D eigenvalue weighted by atomic mass is 79.9. The summed E-state index contributed by atoms with van der Waals surface area (Å²) < 4.78 is 0.837. The summed E-state index contributed by atoms with van der Waals surface area (Å²) in [7, 11) is 0. The second-order valence-corrected chi connectivity index (χ2v) is 7.58. The van der Waals surface area contributed by atoms with Crippen molar-refractivity contribution in [2.75, 3.05) is 26.2 Å². The minimum absolute atomic E-state index is 0.0152. The molecule has 0 unspecified atom stereocenters. The molecule has 1 aliphatic rings. The van der Waals surface area contributed by atoms with E-state index in [2.05, 4.69) is 22.9 Å². The van der Waals surface area contributed by atoms with Crippen LogP contribution in [0, 0.1) is 0 Å². The second-order valence-electron chi connectivity index (χ2n) is 6.26. The van der Waals surface area contributed by atoms with Crippen LogP contribution in [0.3, 0.4) is 0 Å². The minimum Gasteiger partial charge on any atom is -0.335 e. The largest absolute Gasteiger partial charge is 0.335 e. The molecular weight excluding hydrogens is 416 g/mol. The van der Waals surface area contributed by atoms with Gasteiger partial charge in [0.2, 0.25) is 0 Å². The molecular formula is C20H20BrClN2O2. The minimum atomic E-state index is -0.0955. The van der Waals surface area contributed by atoms with E-state index in [1.807, 2.05) is 24.3 Å². The van der Waals surface area contributed by atoms with E-state index >= 15 is 0 Å². The molecule has 2 aromatic carbocycles. The van der Waals surface area contributed by atoms with Gasteiger partial charge in [-0.1, -0.05) is 46.6 Å². The third-order valence-corrected chi connectivity index (χ3v) is 5.43. The van der Waals surface area contributed by atoms with Crippen molar-refractivity contribution in [2.45, 2.75) is 13.3 Å². The van der Waals surface area contributed by atoms with Gasteiger partial charge >= 0.3 is 0 Å². The molecule has 1 heterocycles. The maximum absolute atomic E-state index is 12.7. The Labute approximate surface area is 166 Å². The molecule has 1 aliphatic heterocycles. The van der Waals surface area contributed by atoms with Crippen molar-refractivity contribution in [3.63, 3.8) is 0 Å². The van der Waals surface area contributed by atoms with Gasteiger partial charge in [0, 0.05) is 36.2 Å². The first-order chi connectivity index (χ1) is 12.5. The summed E-state index contributed by atoms with van der Waals surface area (Å²) in [5.41, 5.74) is 2.39. The van der Waals surface area contributed by atoms with Gasteiger partial charge in [0.05, 0.1) is 10.6 Å². The Morgan fingerprint density at radius 2 is 1.54 bits per heavy atom. The molecule has 26 heavy (non-hydrogen) atoms. The molecule has 0 radical (unpaired) electrons. The first-order valence-electron chi connectivity index (χ1n) is 8.62. The quantitative estimate of drug-likeness (QED) is 0.722. The summed E-state index contributed by atoms with van der Waals surface area (Å²) in [5.74, 6) is -0.0803. The summed E-state index contributed by atoms with van der Waals surface area (Å²) in [5, 5.41) is 0.430. The number of benzene rings is 2. The van der Waals surface area contributed by atoms with Crippen LogP contribution in [0.2, 0.25) is 5.02 Å². The molecule has 3 rings (SSSR count). The first kappa shape index (κ1) is 18.9. The van der Waals surface area contributed by atoms with E-state index in [1.54, 1.807) is 28.0 Å². The summed E-state index contributed by atoms with van der Waals surface area (Å²) in [6.07, 6.45) is 0.952. The third-order valence-electron chi connectivity index (χ3n) is 4.62. The van der Waals surface area contributed by atoms with Crippen molar-refractivity contribution in [3.05, 3.63) is 68.7 Å². The molecule has 0 atom stereocenters. The highest BCUT2D eigenvalue weighted by molar-refractivity contribution is 9.10. The zero-order chi connectivity index (χ0) is 18.7. The smallest absolute Gasteiger partial charge is 0.255 e. The maximum atomic E-state index is 12.7. The van der Waals surface area contributed by atoms with Crippen LogP contribution in [-0.2, 0) is 6.42 Å². The third kappa shape index (κ3) is 4.10. The van der Waals surface area contributed by atoms with Crippen LogP contribution < -0.4 is 0 Å². The first-order valence-corrected chi connectivity index (χ1v) is 9.79. The van der Waals surface area contributed by atoms with Crippen LogP contribution in [0.15, 0.2) is 46.9 Å². The monoisotopic (exact) mass is 434 g/mol. The Morgan fingerprint density at radius 1 is 0.962 bits per heavy atom. The molecule has 0 aromatic heterocycles. The lowest BCUT2D eigenvalue weighted by Gasteiger charge is -2.35. The van der Waals surface area contributed by atoms with Crippen molar-refractivity contribution >= 4 is 39.3 Å². The van der Waals surface area contributed by atoms with Crippen molar-refractivity contribution < 1.29 is 9.59 Å². The molecule has 1 fully saturated rings. The summed E-state index contributed by atoms with van der Waals surface area (Å²) >= 11 is 9.53. The number of carbonyl (C=O) groups excluding carboxylic acids is 2. The van der Waals surface area contributed by atoms with Gasteiger partial charge in [-0.25, -0.2) is 0 Å². The fraction of sp³-hybridized carbons (Fsp3) is 0.300. The van der Waals surface area contributed by atoms with Gasteiger partial charge in [-0.05, 0) is 42.3 Å². The maximum Gasteiger partial charge on any atom is 0.255 e. The molecule has 0 saturated carbocycles. The van der Waals surface area contributed by atoms with Crippen LogP contribution in [-0.4, -0.2) is 47.8 Å². The second kappa shape index (κ2) is 8.23. The summed E-state index contributed by atoms with van der Waals surface area (Å²) in [6, 6.07) is 13.0. The topological polar surface area (TPSA) is 40.6 Å². The average Bonchev–Trinajstić information content (AvgIpc) is 2.67. The fourth-order valence-electron chi connectivity index (χ4n) is 3.01. The molecule has 0 aliphatic carbocycles. The van der Waals surface area contributed by atoms with Gasteiger partial charge in [-0.15, -0.1) is 0 Å². The van der Waals surface area contributed by atoms with E-state index in [-0.39, 0.29) is 11.8 Å². The lowest BCUT2D eigenvalue weighted by Crippen LogP contribution is -2.50. The van der Waals surface area contributed by atoms with Crippen molar-refractivity contribution in [3.8, 4) is 0 Å². The van der Waals surface area contributed by atoms with Crippen LogP contribution in [0.5, 0.6) is 0 Å². The zero-order valence-electron chi connectivity index (χ0n) is 14.5. The van der Waals surface area contributed by atoms with Crippen LogP contribution >= 0.6 is 27.5 Å². The van der Waals surface area contributed by atoms with Gasteiger partial charge in [-0.3, -0.25) is 9.59 Å². The van der Waals surface area contributed by atoms with Crippen LogP contribution in [0.25, 0.3) is 0 Å². The number of piperazine rings is 1. The Morgan fingerprint density at radius 3 is 2.08 bits per heavy atom. The lowest BCUT2D eigenvalue weighted by atomic mass is 10.1. The predicted octanol–water partition coefficient (Wildman–Crippen LogP) is 4.26. The Hall–Kier alpha value is -1.85. The Balaban J connectivity index is 1.63. The molecule has 0 spiro atoms. The molecule has 0 N–H and O–H groups in total. The van der Waals surface area contributed by atoms with E-state index in [4.69, 9.17) is 11.6 Å².